The summed E-state index contributed by atoms with van der Waals surface area (Å²) in [5, 5.41) is 4.09. The van der Waals surface area contributed by atoms with Crippen LogP contribution in [0.3, 0.4) is 0 Å². The Morgan fingerprint density at radius 1 is 1.36 bits per heavy atom. The maximum absolute atomic E-state index is 12.2. The van der Waals surface area contributed by atoms with E-state index in [4.69, 9.17) is 4.74 Å². The lowest BCUT2D eigenvalue weighted by molar-refractivity contribution is 0.0319. The van der Waals surface area contributed by atoms with Gasteiger partial charge in [0.25, 0.3) is 0 Å². The van der Waals surface area contributed by atoms with Crippen LogP contribution in [0, 0.1) is 6.92 Å². The molecule has 5 heteroatoms. The van der Waals surface area contributed by atoms with Gasteiger partial charge in [0.2, 0.25) is 0 Å². The number of likely N-dealkylation sites (tertiary alicyclic amines) is 1. The largest absolute Gasteiger partial charge is 0.457 e. The Morgan fingerprint density at radius 3 is 2.82 bits per heavy atom. The maximum atomic E-state index is 12.2. The topological polar surface area (TPSA) is 47.4 Å². The van der Waals surface area contributed by atoms with Crippen LogP contribution in [-0.4, -0.2) is 39.8 Å². The van der Waals surface area contributed by atoms with Crippen molar-refractivity contribution in [2.24, 2.45) is 7.05 Å². The van der Waals surface area contributed by atoms with Gasteiger partial charge in [-0.05, 0) is 18.9 Å². The highest BCUT2D eigenvalue weighted by atomic mass is 16.5. The Bertz CT molecular complexity index is 651. The van der Waals surface area contributed by atoms with Crippen LogP contribution in [0.2, 0.25) is 0 Å². The summed E-state index contributed by atoms with van der Waals surface area (Å²) in [5.41, 5.74) is 2.69. The third-order valence-electron chi connectivity index (χ3n) is 4.21. The molecule has 3 rings (SSSR count). The fourth-order valence-electron chi connectivity index (χ4n) is 2.79. The highest BCUT2D eigenvalue weighted by molar-refractivity contribution is 5.90. The lowest BCUT2D eigenvalue weighted by Crippen LogP contribution is -2.25. The first-order valence-electron chi connectivity index (χ1n) is 7.59. The molecule has 1 fully saturated rings. The minimum absolute atomic E-state index is 0.0316. The van der Waals surface area contributed by atoms with Crippen LogP contribution >= 0.6 is 0 Å². The molecule has 0 unspecified atom stereocenters. The van der Waals surface area contributed by atoms with Gasteiger partial charge in [-0.3, -0.25) is 9.58 Å². The van der Waals surface area contributed by atoms with Gasteiger partial charge in [-0.15, -0.1) is 0 Å². The standard InChI is InChI=1S/C17H21N3O2/c1-13-16(10-18-19(13)2)17(21)22-15-8-9-20(12-15)11-14-6-4-3-5-7-14/h3-7,10,15H,8-9,11-12H2,1-2H3/t15-/m0/s1. The van der Waals surface area contributed by atoms with Crippen molar-refractivity contribution in [2.75, 3.05) is 13.1 Å². The maximum Gasteiger partial charge on any atom is 0.341 e. The molecule has 0 radical (unpaired) electrons. The third kappa shape index (κ3) is 3.20. The van der Waals surface area contributed by atoms with Crippen LogP contribution in [0.1, 0.15) is 28.0 Å². The number of rotatable bonds is 4. The van der Waals surface area contributed by atoms with Crippen molar-refractivity contribution in [3.05, 3.63) is 53.3 Å². The SMILES string of the molecule is Cc1c(C(=O)O[C@H]2CCN(Cc3ccccc3)C2)cnn1C. The number of nitrogens with zero attached hydrogens (tertiary/aromatic N) is 3. The van der Waals surface area contributed by atoms with E-state index in [2.05, 4.69) is 22.1 Å². The first-order chi connectivity index (χ1) is 10.6. The molecule has 1 aromatic heterocycles. The van der Waals surface area contributed by atoms with Gasteiger partial charge in [0.05, 0.1) is 6.20 Å². The average molecular weight is 299 g/mol. The predicted molar refractivity (Wildman–Crippen MR) is 83.5 cm³/mol. The molecule has 1 aromatic carbocycles. The van der Waals surface area contributed by atoms with Gasteiger partial charge in [-0.1, -0.05) is 30.3 Å². The molecule has 1 aliphatic heterocycles. The van der Waals surface area contributed by atoms with Crippen molar-refractivity contribution in [2.45, 2.75) is 26.0 Å². The molecule has 0 aliphatic carbocycles. The second-order valence-electron chi connectivity index (χ2n) is 5.80. The molecule has 0 bridgehead atoms. The first kappa shape index (κ1) is 14.8. The molecule has 0 amide bonds. The predicted octanol–water partition coefficient (Wildman–Crippen LogP) is 2.16. The quantitative estimate of drug-likeness (QED) is 0.812. The minimum Gasteiger partial charge on any atom is -0.457 e. The Balaban J connectivity index is 1.55. The number of carbonyl (C=O) groups is 1. The smallest absolute Gasteiger partial charge is 0.341 e. The van der Waals surface area contributed by atoms with Crippen LogP contribution in [0.25, 0.3) is 0 Å². The molecule has 2 aromatic rings. The number of aromatic nitrogens is 2. The fraction of sp³-hybridized carbons (Fsp3) is 0.412. The van der Waals surface area contributed by atoms with Gasteiger partial charge in [0.15, 0.2) is 0 Å². The first-order valence-corrected chi connectivity index (χ1v) is 7.59. The van der Waals surface area contributed by atoms with E-state index in [1.54, 1.807) is 10.9 Å². The van der Waals surface area contributed by atoms with E-state index in [1.807, 2.05) is 32.2 Å². The molecule has 0 N–H and O–H groups in total. The van der Waals surface area contributed by atoms with E-state index in [0.29, 0.717) is 5.56 Å². The average Bonchev–Trinajstić information content (AvgIpc) is 3.08. The monoisotopic (exact) mass is 299 g/mol. The Kier molecular flexibility index (Phi) is 4.24. The second-order valence-corrected chi connectivity index (χ2v) is 5.80. The van der Waals surface area contributed by atoms with Crippen LogP contribution in [0.4, 0.5) is 0 Å². The van der Waals surface area contributed by atoms with Gasteiger partial charge in [-0.25, -0.2) is 4.79 Å². The number of ether oxygens (including phenoxy) is 1. The molecular formula is C17H21N3O2. The fourth-order valence-corrected chi connectivity index (χ4v) is 2.79. The third-order valence-corrected chi connectivity index (χ3v) is 4.21. The van der Waals surface area contributed by atoms with Crippen molar-refractivity contribution in [3.63, 3.8) is 0 Å². The lowest BCUT2D eigenvalue weighted by Gasteiger charge is -2.16. The van der Waals surface area contributed by atoms with E-state index < -0.39 is 0 Å². The summed E-state index contributed by atoms with van der Waals surface area (Å²) in [6.07, 6.45) is 2.43. The number of esters is 1. The highest BCUT2D eigenvalue weighted by Gasteiger charge is 2.27. The summed E-state index contributed by atoms with van der Waals surface area (Å²) in [4.78, 5) is 14.5. The molecular weight excluding hydrogens is 278 g/mol. The second kappa shape index (κ2) is 6.32. The summed E-state index contributed by atoms with van der Waals surface area (Å²) in [6.45, 7) is 4.53. The van der Waals surface area contributed by atoms with E-state index in [1.165, 1.54) is 5.56 Å². The number of benzene rings is 1. The van der Waals surface area contributed by atoms with Gasteiger partial charge in [0.1, 0.15) is 11.7 Å². The molecule has 2 heterocycles. The zero-order chi connectivity index (χ0) is 15.5. The van der Waals surface area contributed by atoms with Gasteiger partial charge in [0, 0.05) is 32.4 Å². The van der Waals surface area contributed by atoms with Gasteiger partial charge >= 0.3 is 5.97 Å². The van der Waals surface area contributed by atoms with E-state index in [0.717, 1.165) is 31.7 Å². The summed E-state index contributed by atoms with van der Waals surface area (Å²) in [6, 6.07) is 10.4. The zero-order valence-corrected chi connectivity index (χ0v) is 13.0. The number of carbonyl (C=O) groups excluding carboxylic acids is 1. The summed E-state index contributed by atoms with van der Waals surface area (Å²) < 4.78 is 7.31. The Hall–Kier alpha value is -2.14. The van der Waals surface area contributed by atoms with E-state index >= 15 is 0 Å². The molecule has 1 aliphatic rings. The number of aryl methyl sites for hydroxylation is 1. The van der Waals surface area contributed by atoms with Gasteiger partial charge < -0.3 is 4.74 Å². The van der Waals surface area contributed by atoms with Gasteiger partial charge in [-0.2, -0.15) is 5.10 Å². The summed E-state index contributed by atoms with van der Waals surface area (Å²) in [5.74, 6) is -0.267. The van der Waals surface area contributed by atoms with E-state index in [9.17, 15) is 4.79 Å². The normalized spacial score (nSPS) is 18.5. The van der Waals surface area contributed by atoms with Crippen molar-refractivity contribution in [1.29, 1.82) is 0 Å². The van der Waals surface area contributed by atoms with Crippen LogP contribution in [-0.2, 0) is 18.3 Å². The molecule has 1 saturated heterocycles. The Labute approximate surface area is 130 Å². The van der Waals surface area contributed by atoms with Crippen molar-refractivity contribution >= 4 is 5.97 Å². The lowest BCUT2D eigenvalue weighted by atomic mass is 10.2. The van der Waals surface area contributed by atoms with Crippen LogP contribution in [0.5, 0.6) is 0 Å². The van der Waals surface area contributed by atoms with Crippen molar-refractivity contribution in [1.82, 2.24) is 14.7 Å². The van der Waals surface area contributed by atoms with Crippen molar-refractivity contribution < 1.29 is 9.53 Å². The van der Waals surface area contributed by atoms with Crippen molar-refractivity contribution in [3.8, 4) is 0 Å². The summed E-state index contributed by atoms with van der Waals surface area (Å²) >= 11 is 0. The molecule has 22 heavy (non-hydrogen) atoms. The zero-order valence-electron chi connectivity index (χ0n) is 13.0. The minimum atomic E-state index is -0.267. The Morgan fingerprint density at radius 2 is 2.14 bits per heavy atom. The molecule has 0 saturated carbocycles. The van der Waals surface area contributed by atoms with E-state index in [-0.39, 0.29) is 12.1 Å². The highest BCUT2D eigenvalue weighted by Crippen LogP contribution is 2.18. The van der Waals surface area contributed by atoms with Crippen LogP contribution < -0.4 is 0 Å². The molecule has 1 atom stereocenters. The molecule has 5 nitrogen and oxygen atoms in total. The number of hydrogen-bond donors (Lipinski definition) is 0. The molecule has 0 spiro atoms. The molecule has 116 valence electrons. The van der Waals surface area contributed by atoms with Crippen LogP contribution in [0.15, 0.2) is 36.5 Å². The summed E-state index contributed by atoms with van der Waals surface area (Å²) in [7, 11) is 1.82. The number of hydrogen-bond acceptors (Lipinski definition) is 4.